The Morgan fingerprint density at radius 1 is 1.27 bits per heavy atom. The number of amides is 1. The second kappa shape index (κ2) is 3.50. The molecule has 0 bridgehead atoms. The second-order valence-electron chi connectivity index (χ2n) is 3.77. The summed E-state index contributed by atoms with van der Waals surface area (Å²) in [7, 11) is 0. The van der Waals surface area contributed by atoms with Crippen molar-refractivity contribution in [2.45, 2.75) is 25.3 Å². The van der Waals surface area contributed by atoms with Gasteiger partial charge >= 0.3 is 0 Å². The molecular formula is C12H13NO2. The third-order valence-corrected chi connectivity index (χ3v) is 2.95. The topological polar surface area (TPSA) is 46.2 Å². The van der Waals surface area contributed by atoms with Crippen LogP contribution in [-0.4, -0.2) is 11.7 Å². The minimum Gasteiger partial charge on any atom is -0.339 e. The largest absolute Gasteiger partial charge is 0.339 e. The van der Waals surface area contributed by atoms with Gasteiger partial charge in [0.15, 0.2) is 5.78 Å². The van der Waals surface area contributed by atoms with Gasteiger partial charge in [0.25, 0.3) is 0 Å². The molecule has 1 atom stereocenters. The van der Waals surface area contributed by atoms with Crippen LogP contribution in [0.5, 0.6) is 0 Å². The summed E-state index contributed by atoms with van der Waals surface area (Å²) < 4.78 is 0. The lowest BCUT2D eigenvalue weighted by Gasteiger charge is -2.26. The van der Waals surface area contributed by atoms with E-state index < -0.39 is 5.54 Å². The summed E-state index contributed by atoms with van der Waals surface area (Å²) in [6.07, 6.45) is 0.602. The number of rotatable bonds is 2. The zero-order valence-electron chi connectivity index (χ0n) is 8.62. The van der Waals surface area contributed by atoms with Gasteiger partial charge in [0.05, 0.1) is 6.42 Å². The van der Waals surface area contributed by atoms with E-state index in [1.165, 1.54) is 0 Å². The number of carbonyl (C=O) groups is 2. The highest BCUT2D eigenvalue weighted by Gasteiger charge is 2.45. The lowest BCUT2D eigenvalue weighted by Crippen LogP contribution is -2.42. The van der Waals surface area contributed by atoms with Crippen LogP contribution < -0.4 is 5.32 Å². The van der Waals surface area contributed by atoms with Gasteiger partial charge in [-0.15, -0.1) is 0 Å². The third kappa shape index (κ3) is 1.44. The molecule has 1 heterocycles. The van der Waals surface area contributed by atoms with Gasteiger partial charge in [-0.25, -0.2) is 0 Å². The van der Waals surface area contributed by atoms with Crippen LogP contribution in [0.25, 0.3) is 0 Å². The van der Waals surface area contributed by atoms with Crippen molar-refractivity contribution in [1.82, 2.24) is 5.32 Å². The number of nitrogens with one attached hydrogen (secondary N) is 1. The van der Waals surface area contributed by atoms with Crippen LogP contribution in [0.2, 0.25) is 0 Å². The molecule has 3 heteroatoms. The minimum atomic E-state index is -0.779. The SMILES string of the molecule is CCC1(c2ccccc2)NC(=O)CC1=O. The lowest BCUT2D eigenvalue weighted by atomic mass is 9.85. The summed E-state index contributed by atoms with van der Waals surface area (Å²) in [6, 6.07) is 9.42. The third-order valence-electron chi connectivity index (χ3n) is 2.95. The van der Waals surface area contributed by atoms with E-state index in [0.717, 1.165) is 5.56 Å². The molecule has 0 saturated carbocycles. The van der Waals surface area contributed by atoms with Crippen LogP contribution >= 0.6 is 0 Å². The first-order chi connectivity index (χ1) is 7.19. The molecule has 1 aromatic carbocycles. The molecular weight excluding hydrogens is 190 g/mol. The first kappa shape index (κ1) is 9.90. The maximum absolute atomic E-state index is 11.9. The Kier molecular flexibility index (Phi) is 2.31. The van der Waals surface area contributed by atoms with Gasteiger partial charge in [0.2, 0.25) is 5.91 Å². The number of benzene rings is 1. The maximum atomic E-state index is 11.9. The van der Waals surface area contributed by atoms with E-state index >= 15 is 0 Å². The van der Waals surface area contributed by atoms with Crippen molar-refractivity contribution in [2.24, 2.45) is 0 Å². The lowest BCUT2D eigenvalue weighted by molar-refractivity contribution is -0.123. The molecule has 1 aliphatic heterocycles. The van der Waals surface area contributed by atoms with Gasteiger partial charge in [0.1, 0.15) is 5.54 Å². The monoisotopic (exact) mass is 203 g/mol. The molecule has 1 N–H and O–H groups in total. The van der Waals surface area contributed by atoms with Crippen molar-refractivity contribution >= 4 is 11.7 Å². The van der Waals surface area contributed by atoms with Crippen molar-refractivity contribution in [2.75, 3.05) is 0 Å². The fourth-order valence-electron chi connectivity index (χ4n) is 2.09. The molecule has 15 heavy (non-hydrogen) atoms. The summed E-state index contributed by atoms with van der Waals surface area (Å²) >= 11 is 0. The Morgan fingerprint density at radius 2 is 1.93 bits per heavy atom. The molecule has 0 spiro atoms. The summed E-state index contributed by atoms with van der Waals surface area (Å²) in [4.78, 5) is 23.1. The van der Waals surface area contributed by atoms with Gasteiger partial charge in [-0.2, -0.15) is 0 Å². The molecule has 3 nitrogen and oxygen atoms in total. The van der Waals surface area contributed by atoms with E-state index in [2.05, 4.69) is 5.32 Å². The fraction of sp³-hybridized carbons (Fsp3) is 0.333. The molecule has 1 fully saturated rings. The van der Waals surface area contributed by atoms with E-state index in [4.69, 9.17) is 0 Å². The highest BCUT2D eigenvalue weighted by atomic mass is 16.2. The quantitative estimate of drug-likeness (QED) is 0.738. The molecule has 1 aliphatic rings. The summed E-state index contributed by atoms with van der Waals surface area (Å²) in [5, 5.41) is 2.79. The minimum absolute atomic E-state index is 0.00271. The van der Waals surface area contributed by atoms with Gasteiger partial charge in [0, 0.05) is 0 Å². The van der Waals surface area contributed by atoms with Crippen LogP contribution in [0, 0.1) is 0 Å². The molecule has 78 valence electrons. The molecule has 0 radical (unpaired) electrons. The highest BCUT2D eigenvalue weighted by molar-refractivity contribution is 6.10. The fourth-order valence-corrected chi connectivity index (χ4v) is 2.09. The zero-order chi connectivity index (χ0) is 10.9. The van der Waals surface area contributed by atoms with Gasteiger partial charge in [-0.1, -0.05) is 37.3 Å². The average molecular weight is 203 g/mol. The number of hydrogen-bond donors (Lipinski definition) is 1. The molecule has 1 aromatic rings. The van der Waals surface area contributed by atoms with Crippen LogP contribution in [0.15, 0.2) is 30.3 Å². The standard InChI is InChI=1S/C12H13NO2/c1-2-12(9-6-4-3-5-7-9)10(14)8-11(15)13-12/h3-7H,2,8H2,1H3,(H,13,15). The van der Waals surface area contributed by atoms with E-state index in [0.29, 0.717) is 6.42 Å². The van der Waals surface area contributed by atoms with Crippen molar-refractivity contribution in [3.05, 3.63) is 35.9 Å². The first-order valence-corrected chi connectivity index (χ1v) is 5.09. The Hall–Kier alpha value is -1.64. The molecule has 0 aromatic heterocycles. The summed E-state index contributed by atoms with van der Waals surface area (Å²) in [5.41, 5.74) is 0.0987. The van der Waals surface area contributed by atoms with E-state index in [1.807, 2.05) is 37.3 Å². The normalized spacial score (nSPS) is 25.4. The summed E-state index contributed by atoms with van der Waals surface area (Å²) in [6.45, 7) is 1.91. The number of Topliss-reactive ketones (excluding diaryl/α,β-unsaturated/α-hetero) is 1. The van der Waals surface area contributed by atoms with E-state index in [1.54, 1.807) is 0 Å². The van der Waals surface area contributed by atoms with E-state index in [9.17, 15) is 9.59 Å². The van der Waals surface area contributed by atoms with Gasteiger partial charge in [-0.05, 0) is 12.0 Å². The molecule has 1 amide bonds. The zero-order valence-corrected chi connectivity index (χ0v) is 8.62. The van der Waals surface area contributed by atoms with Crippen molar-refractivity contribution in [3.63, 3.8) is 0 Å². The van der Waals surface area contributed by atoms with Gasteiger partial charge in [-0.3, -0.25) is 9.59 Å². The van der Waals surface area contributed by atoms with Crippen LogP contribution in [0.4, 0.5) is 0 Å². The van der Waals surface area contributed by atoms with Crippen LogP contribution in [0.1, 0.15) is 25.3 Å². The van der Waals surface area contributed by atoms with Crippen LogP contribution in [-0.2, 0) is 15.1 Å². The number of carbonyl (C=O) groups excluding carboxylic acids is 2. The van der Waals surface area contributed by atoms with Crippen molar-refractivity contribution < 1.29 is 9.59 Å². The van der Waals surface area contributed by atoms with Crippen LogP contribution in [0.3, 0.4) is 0 Å². The summed E-state index contributed by atoms with van der Waals surface area (Å²) in [5.74, 6) is -0.202. The second-order valence-corrected chi connectivity index (χ2v) is 3.77. The molecule has 1 saturated heterocycles. The van der Waals surface area contributed by atoms with Gasteiger partial charge < -0.3 is 5.32 Å². The molecule has 2 rings (SSSR count). The number of hydrogen-bond acceptors (Lipinski definition) is 2. The Labute approximate surface area is 88.5 Å². The predicted octanol–water partition coefficient (Wildman–Crippen LogP) is 1.38. The first-order valence-electron chi connectivity index (χ1n) is 5.09. The Bertz CT molecular complexity index is 399. The average Bonchev–Trinajstić information content (AvgIpc) is 2.56. The molecule has 1 unspecified atom stereocenters. The Morgan fingerprint density at radius 3 is 2.40 bits per heavy atom. The predicted molar refractivity (Wildman–Crippen MR) is 56.2 cm³/mol. The number of ketones is 1. The van der Waals surface area contributed by atoms with Crippen molar-refractivity contribution in [3.8, 4) is 0 Å². The maximum Gasteiger partial charge on any atom is 0.228 e. The smallest absolute Gasteiger partial charge is 0.228 e. The highest BCUT2D eigenvalue weighted by Crippen LogP contribution is 2.31. The molecule has 0 aliphatic carbocycles. The van der Waals surface area contributed by atoms with Crippen molar-refractivity contribution in [1.29, 1.82) is 0 Å². The Balaban J connectivity index is 2.47. The van der Waals surface area contributed by atoms with E-state index in [-0.39, 0.29) is 18.1 Å².